The van der Waals surface area contributed by atoms with Crippen molar-refractivity contribution in [2.24, 2.45) is 0 Å². The lowest BCUT2D eigenvalue weighted by molar-refractivity contribution is 0.514. The highest BCUT2D eigenvalue weighted by molar-refractivity contribution is 7.99. The maximum absolute atomic E-state index is 13.5. The molecule has 0 aliphatic rings. The zero-order valence-electron chi connectivity index (χ0n) is 11.6. The molecule has 0 fully saturated rings. The van der Waals surface area contributed by atoms with E-state index in [2.05, 4.69) is 4.72 Å². The fourth-order valence-electron chi connectivity index (χ4n) is 1.80. The van der Waals surface area contributed by atoms with Crippen LogP contribution < -0.4 is 4.72 Å². The molecule has 0 amide bonds. The molecule has 0 saturated heterocycles. The van der Waals surface area contributed by atoms with Gasteiger partial charge in [0, 0.05) is 11.4 Å². The molecule has 7 heteroatoms. The number of rotatable bonds is 7. The average Bonchev–Trinajstić information content (AvgIpc) is 2.47. The minimum absolute atomic E-state index is 0.121. The fourth-order valence-corrected chi connectivity index (χ4v) is 3.88. The summed E-state index contributed by atoms with van der Waals surface area (Å²) in [5.41, 5.74) is 0. The number of thioether (sulfide) groups is 1. The topological polar surface area (TPSA) is 46.2 Å². The predicted molar refractivity (Wildman–Crippen MR) is 83.3 cm³/mol. The molecule has 22 heavy (non-hydrogen) atoms. The number of nitrogens with one attached hydrogen (secondary N) is 1. The normalized spacial score (nSPS) is 11.5. The van der Waals surface area contributed by atoms with E-state index in [4.69, 9.17) is 0 Å². The third-order valence-electron chi connectivity index (χ3n) is 2.81. The van der Waals surface area contributed by atoms with Crippen molar-refractivity contribution in [3.8, 4) is 0 Å². The van der Waals surface area contributed by atoms with Crippen molar-refractivity contribution in [2.75, 3.05) is 12.3 Å². The summed E-state index contributed by atoms with van der Waals surface area (Å²) in [6.45, 7) is 0.121. The van der Waals surface area contributed by atoms with Crippen LogP contribution in [-0.4, -0.2) is 20.7 Å². The molecule has 0 aromatic heterocycles. The third-order valence-corrected chi connectivity index (χ3v) is 5.42. The van der Waals surface area contributed by atoms with Gasteiger partial charge in [0.15, 0.2) is 4.90 Å². The Bertz CT molecular complexity index is 701. The molecule has 0 atom stereocenters. The monoisotopic (exact) mass is 343 g/mol. The molecule has 0 aliphatic heterocycles. The lowest BCUT2D eigenvalue weighted by Gasteiger charge is -2.08. The molecule has 3 nitrogen and oxygen atoms in total. The predicted octanol–water partition coefficient (Wildman–Crippen LogP) is 3.43. The summed E-state index contributed by atoms with van der Waals surface area (Å²) in [5.74, 6) is -1.48. The molecule has 0 heterocycles. The van der Waals surface area contributed by atoms with Gasteiger partial charge >= 0.3 is 0 Å². The van der Waals surface area contributed by atoms with Gasteiger partial charge in [0.05, 0.1) is 0 Å². The number of benzene rings is 2. The Labute approximate surface area is 132 Å². The minimum atomic E-state index is -4.18. The lowest BCUT2D eigenvalue weighted by atomic mass is 10.3. The molecule has 1 N–H and O–H groups in total. The van der Waals surface area contributed by atoms with Gasteiger partial charge in [-0.3, -0.25) is 0 Å². The summed E-state index contributed by atoms with van der Waals surface area (Å²) in [6.07, 6.45) is 0.550. The van der Waals surface area contributed by atoms with Crippen LogP contribution in [0.25, 0.3) is 0 Å². The van der Waals surface area contributed by atoms with E-state index in [0.29, 0.717) is 12.2 Å². The standard InChI is InChI=1S/C15H15F2NO2S2/c16-13-8-4-9-14(17)15(13)22(19,20)18-10-5-11-21-12-6-2-1-3-7-12/h1-4,6-9,18H,5,10-11H2. The Kier molecular flexibility index (Phi) is 5.93. The first-order valence-corrected chi connectivity index (χ1v) is 9.09. The molecule has 0 aliphatic carbocycles. The van der Waals surface area contributed by atoms with E-state index in [-0.39, 0.29) is 6.54 Å². The van der Waals surface area contributed by atoms with Crippen molar-refractivity contribution in [1.29, 1.82) is 0 Å². The molecule has 118 valence electrons. The Morgan fingerprint density at radius 2 is 1.59 bits per heavy atom. The van der Waals surface area contributed by atoms with Crippen molar-refractivity contribution in [2.45, 2.75) is 16.2 Å². The van der Waals surface area contributed by atoms with Crippen LogP contribution in [0.1, 0.15) is 6.42 Å². The van der Waals surface area contributed by atoms with Crippen LogP contribution in [0.3, 0.4) is 0 Å². The molecule has 0 unspecified atom stereocenters. The van der Waals surface area contributed by atoms with E-state index in [1.54, 1.807) is 11.8 Å². The highest BCUT2D eigenvalue weighted by Gasteiger charge is 2.22. The minimum Gasteiger partial charge on any atom is -0.211 e. The van der Waals surface area contributed by atoms with Gasteiger partial charge in [-0.2, -0.15) is 0 Å². The second-order valence-corrected chi connectivity index (χ2v) is 7.34. The summed E-state index contributed by atoms with van der Waals surface area (Å²) >= 11 is 1.59. The van der Waals surface area contributed by atoms with Crippen LogP contribution in [0.4, 0.5) is 8.78 Å². The number of hydrogen-bond acceptors (Lipinski definition) is 3. The molecule has 2 aromatic rings. The van der Waals surface area contributed by atoms with Gasteiger partial charge in [-0.05, 0) is 36.4 Å². The van der Waals surface area contributed by atoms with Gasteiger partial charge in [-0.25, -0.2) is 21.9 Å². The van der Waals surface area contributed by atoms with Crippen LogP contribution in [-0.2, 0) is 10.0 Å². The zero-order chi connectivity index (χ0) is 16.0. The largest absolute Gasteiger partial charge is 0.246 e. The van der Waals surface area contributed by atoms with Crippen LogP contribution in [0, 0.1) is 11.6 Å². The summed E-state index contributed by atoms with van der Waals surface area (Å²) in [6, 6.07) is 12.7. The van der Waals surface area contributed by atoms with Gasteiger partial charge in [-0.1, -0.05) is 24.3 Å². The van der Waals surface area contributed by atoms with Crippen molar-refractivity contribution >= 4 is 21.8 Å². The quantitative estimate of drug-likeness (QED) is 0.619. The lowest BCUT2D eigenvalue weighted by Crippen LogP contribution is -2.27. The molecular weight excluding hydrogens is 328 g/mol. The van der Waals surface area contributed by atoms with Crippen LogP contribution in [0.2, 0.25) is 0 Å². The number of sulfonamides is 1. The molecule has 0 saturated carbocycles. The molecular formula is C15H15F2NO2S2. The highest BCUT2D eigenvalue weighted by atomic mass is 32.2. The smallest absolute Gasteiger partial charge is 0.211 e. The van der Waals surface area contributed by atoms with Crippen LogP contribution in [0.5, 0.6) is 0 Å². The SMILES string of the molecule is O=S(=O)(NCCCSc1ccccc1)c1c(F)cccc1F. The Morgan fingerprint density at radius 3 is 2.23 bits per heavy atom. The number of hydrogen-bond donors (Lipinski definition) is 1. The second kappa shape index (κ2) is 7.71. The highest BCUT2D eigenvalue weighted by Crippen LogP contribution is 2.19. The third kappa shape index (κ3) is 4.53. The van der Waals surface area contributed by atoms with Crippen LogP contribution in [0.15, 0.2) is 58.3 Å². The molecule has 0 bridgehead atoms. The first-order valence-electron chi connectivity index (χ1n) is 6.62. The van der Waals surface area contributed by atoms with Crippen molar-refractivity contribution in [3.05, 3.63) is 60.2 Å². The van der Waals surface area contributed by atoms with E-state index in [0.717, 1.165) is 23.1 Å². The van der Waals surface area contributed by atoms with Crippen molar-refractivity contribution in [3.63, 3.8) is 0 Å². The van der Waals surface area contributed by atoms with Crippen LogP contribution >= 0.6 is 11.8 Å². The van der Waals surface area contributed by atoms with E-state index in [1.165, 1.54) is 0 Å². The second-order valence-electron chi connectivity index (χ2n) is 4.46. The van der Waals surface area contributed by atoms with E-state index >= 15 is 0 Å². The summed E-state index contributed by atoms with van der Waals surface area (Å²) in [7, 11) is -4.18. The van der Waals surface area contributed by atoms with E-state index in [1.807, 2.05) is 30.3 Å². The molecule has 2 rings (SSSR count). The Hall–Kier alpha value is -1.44. The molecule has 0 spiro atoms. The maximum Gasteiger partial charge on any atom is 0.246 e. The van der Waals surface area contributed by atoms with Gasteiger partial charge < -0.3 is 0 Å². The summed E-state index contributed by atoms with van der Waals surface area (Å²) < 4.78 is 53.0. The summed E-state index contributed by atoms with van der Waals surface area (Å²) in [5, 5.41) is 0. The van der Waals surface area contributed by atoms with Gasteiger partial charge in [-0.15, -0.1) is 11.8 Å². The maximum atomic E-state index is 13.5. The molecule has 0 radical (unpaired) electrons. The Morgan fingerprint density at radius 1 is 0.955 bits per heavy atom. The zero-order valence-corrected chi connectivity index (χ0v) is 13.3. The van der Waals surface area contributed by atoms with Crippen molar-refractivity contribution in [1.82, 2.24) is 4.72 Å². The molecule has 2 aromatic carbocycles. The van der Waals surface area contributed by atoms with Crippen molar-refractivity contribution < 1.29 is 17.2 Å². The van der Waals surface area contributed by atoms with Gasteiger partial charge in [0.1, 0.15) is 11.6 Å². The first kappa shape index (κ1) is 16.9. The summed E-state index contributed by atoms with van der Waals surface area (Å²) in [4.78, 5) is 0.163. The van der Waals surface area contributed by atoms with E-state index in [9.17, 15) is 17.2 Å². The fraction of sp³-hybridized carbons (Fsp3) is 0.200. The van der Waals surface area contributed by atoms with Gasteiger partial charge in [0.2, 0.25) is 10.0 Å². The first-order chi connectivity index (χ1) is 10.5. The average molecular weight is 343 g/mol. The number of halogens is 2. The Balaban J connectivity index is 1.86. The van der Waals surface area contributed by atoms with Gasteiger partial charge in [0.25, 0.3) is 0 Å². The van der Waals surface area contributed by atoms with E-state index < -0.39 is 26.6 Å².